The molecule has 2 atom stereocenters. The molecule has 0 radical (unpaired) electrons. The van der Waals surface area contributed by atoms with Gasteiger partial charge < -0.3 is 15.3 Å². The summed E-state index contributed by atoms with van der Waals surface area (Å²) in [7, 11) is 0. The third-order valence-corrected chi connectivity index (χ3v) is 10.2. The van der Waals surface area contributed by atoms with Gasteiger partial charge in [0.05, 0.1) is 11.0 Å². The summed E-state index contributed by atoms with van der Waals surface area (Å²) in [5.74, 6) is 0.171. The summed E-state index contributed by atoms with van der Waals surface area (Å²) in [5.41, 5.74) is -0.0615. The number of fused-ring (bicyclic) bond motifs is 1. The number of rotatable bonds is 5. The number of nitrogens with zero attached hydrogens (tertiary/aromatic N) is 3. The third kappa shape index (κ3) is 5.23. The van der Waals surface area contributed by atoms with Gasteiger partial charge in [-0.1, -0.05) is 13.8 Å². The fourth-order valence-corrected chi connectivity index (χ4v) is 7.58. The van der Waals surface area contributed by atoms with Gasteiger partial charge in [0.2, 0.25) is 5.91 Å². The van der Waals surface area contributed by atoms with E-state index < -0.39 is 22.8 Å². The average molecular weight is 551 g/mol. The highest BCUT2D eigenvalue weighted by molar-refractivity contribution is 7.09. The van der Waals surface area contributed by atoms with E-state index in [1.165, 1.54) is 11.3 Å². The number of thiazole rings is 1. The second-order valence-electron chi connectivity index (χ2n) is 11.8. The number of carbonyl (C=O) groups is 1. The Morgan fingerprint density at radius 3 is 2.55 bits per heavy atom. The van der Waals surface area contributed by atoms with E-state index in [-0.39, 0.29) is 30.5 Å². The van der Waals surface area contributed by atoms with Crippen molar-refractivity contribution < 1.29 is 23.1 Å². The molecule has 1 unspecified atom stereocenters. The number of aromatic nitrogens is 2. The maximum atomic E-state index is 14.0. The fourth-order valence-electron chi connectivity index (χ4n) is 6.63. The zero-order valence-corrected chi connectivity index (χ0v) is 23.1. The lowest BCUT2D eigenvalue weighted by atomic mass is 9.73. The molecular formula is C28H37F3N4O2S. The summed E-state index contributed by atoms with van der Waals surface area (Å²) in [4.78, 5) is 24.3. The van der Waals surface area contributed by atoms with E-state index in [4.69, 9.17) is 0 Å². The van der Waals surface area contributed by atoms with E-state index in [2.05, 4.69) is 29.1 Å². The minimum Gasteiger partial charge on any atom is -0.383 e. The molecular weight excluding hydrogens is 513 g/mol. The van der Waals surface area contributed by atoms with Gasteiger partial charge in [-0.3, -0.25) is 9.78 Å². The minimum atomic E-state index is -4.45. The van der Waals surface area contributed by atoms with Gasteiger partial charge in [-0.2, -0.15) is 13.2 Å². The molecule has 5 rings (SSSR count). The summed E-state index contributed by atoms with van der Waals surface area (Å²) in [5, 5.41) is 17.7. The molecule has 2 N–H and O–H groups in total. The number of pyridine rings is 1. The van der Waals surface area contributed by atoms with Crippen molar-refractivity contribution in [2.45, 2.75) is 103 Å². The Morgan fingerprint density at radius 1 is 1.21 bits per heavy atom. The molecule has 1 amide bonds. The van der Waals surface area contributed by atoms with Gasteiger partial charge in [0, 0.05) is 54.6 Å². The summed E-state index contributed by atoms with van der Waals surface area (Å²) >= 11 is 1.52. The zero-order chi connectivity index (χ0) is 27.3. The molecule has 3 aliphatic rings. The van der Waals surface area contributed by atoms with Crippen molar-refractivity contribution in [3.05, 3.63) is 45.2 Å². The van der Waals surface area contributed by atoms with Crippen LogP contribution < -0.4 is 5.32 Å². The molecule has 10 heteroatoms. The molecule has 6 nitrogen and oxygen atoms in total. The molecule has 1 aliphatic heterocycles. The minimum absolute atomic E-state index is 0.0528. The predicted octanol–water partition coefficient (Wildman–Crippen LogP) is 5.36. The highest BCUT2D eigenvalue weighted by atomic mass is 32.1. The SMILES string of the molecule is Cc1csc(C2(O)CCC(N[C@@H]3CCC(C(=O)N4CCc5ncc(C(F)(F)F)cc5C4)(C(C)C)C3)CC2)n1. The van der Waals surface area contributed by atoms with E-state index in [9.17, 15) is 23.1 Å². The standard InChI is InChI=1S/C28H37F3N4O2S/c1-17(2)26(25(36)35-11-7-23-19(15-35)12-20(14-32-23)28(29,30)31)8-4-22(13-26)34-21-5-9-27(37,10-6-21)24-33-18(3)16-38-24/h12,14,16-17,21-22,34,37H,4-11,13,15H2,1-3H3/t21?,22-,26?,27?/m1/s1. The second kappa shape index (κ2) is 10.2. The molecule has 0 aromatic carbocycles. The molecule has 2 fully saturated rings. The number of nitrogens with one attached hydrogen (secondary N) is 1. The Kier molecular flexibility index (Phi) is 7.37. The number of aryl methyl sites for hydroxylation is 1. The van der Waals surface area contributed by atoms with Crippen molar-refractivity contribution in [3.63, 3.8) is 0 Å². The summed E-state index contributed by atoms with van der Waals surface area (Å²) < 4.78 is 39.7. The van der Waals surface area contributed by atoms with Crippen LogP contribution in [0.15, 0.2) is 17.6 Å². The van der Waals surface area contributed by atoms with Crippen LogP contribution in [0.2, 0.25) is 0 Å². The van der Waals surface area contributed by atoms with E-state index >= 15 is 0 Å². The lowest BCUT2D eigenvalue weighted by Crippen LogP contribution is -2.49. The molecule has 0 spiro atoms. The van der Waals surface area contributed by atoms with E-state index in [1.54, 1.807) is 4.90 Å². The first-order valence-corrected chi connectivity index (χ1v) is 14.5. The smallest absolute Gasteiger partial charge is 0.383 e. The second-order valence-corrected chi connectivity index (χ2v) is 12.7. The van der Waals surface area contributed by atoms with Crippen molar-refractivity contribution in [1.29, 1.82) is 0 Å². The number of hydrogen-bond acceptors (Lipinski definition) is 6. The van der Waals surface area contributed by atoms with Crippen LogP contribution >= 0.6 is 11.3 Å². The van der Waals surface area contributed by atoms with E-state index in [1.807, 2.05) is 12.3 Å². The number of carbonyl (C=O) groups excluding carboxylic acids is 1. The number of halogens is 3. The van der Waals surface area contributed by atoms with Crippen molar-refractivity contribution in [2.24, 2.45) is 11.3 Å². The van der Waals surface area contributed by atoms with Crippen molar-refractivity contribution >= 4 is 17.2 Å². The number of alkyl halides is 3. The summed E-state index contributed by atoms with van der Waals surface area (Å²) in [6.45, 7) is 6.76. The highest BCUT2D eigenvalue weighted by Crippen LogP contribution is 2.47. The van der Waals surface area contributed by atoms with Crippen LogP contribution in [0, 0.1) is 18.3 Å². The van der Waals surface area contributed by atoms with Gasteiger partial charge in [0.25, 0.3) is 0 Å². The maximum Gasteiger partial charge on any atom is 0.417 e. The molecule has 3 heterocycles. The Bertz CT molecular complexity index is 1180. The van der Waals surface area contributed by atoms with Gasteiger partial charge in [0.15, 0.2) is 0 Å². The molecule has 2 aliphatic carbocycles. The van der Waals surface area contributed by atoms with E-state index in [0.29, 0.717) is 37.1 Å². The van der Waals surface area contributed by atoms with Crippen molar-refractivity contribution in [3.8, 4) is 0 Å². The molecule has 0 saturated heterocycles. The molecule has 2 aromatic rings. The topological polar surface area (TPSA) is 78.4 Å². The summed E-state index contributed by atoms with van der Waals surface area (Å²) in [6.07, 6.45) is 2.33. The van der Waals surface area contributed by atoms with Crippen LogP contribution in [0.5, 0.6) is 0 Å². The molecule has 0 bridgehead atoms. The molecule has 38 heavy (non-hydrogen) atoms. The average Bonchev–Trinajstić information content (AvgIpc) is 3.51. The summed E-state index contributed by atoms with van der Waals surface area (Å²) in [6, 6.07) is 1.64. The van der Waals surface area contributed by atoms with Crippen molar-refractivity contribution in [2.75, 3.05) is 6.54 Å². The van der Waals surface area contributed by atoms with E-state index in [0.717, 1.165) is 55.1 Å². The first-order chi connectivity index (χ1) is 17.9. The van der Waals surface area contributed by atoms with Crippen LogP contribution in [-0.4, -0.2) is 44.5 Å². The van der Waals surface area contributed by atoms with Gasteiger partial charge in [-0.05, 0) is 69.4 Å². The third-order valence-electron chi connectivity index (χ3n) is 9.04. The predicted molar refractivity (Wildman–Crippen MR) is 139 cm³/mol. The quantitative estimate of drug-likeness (QED) is 0.524. The Hall–Kier alpha value is -2.04. The number of aliphatic hydroxyl groups is 1. The molecule has 2 saturated carbocycles. The van der Waals surface area contributed by atoms with Gasteiger partial charge in [0.1, 0.15) is 10.6 Å². The maximum absolute atomic E-state index is 14.0. The molecule has 2 aromatic heterocycles. The first kappa shape index (κ1) is 27.5. The monoisotopic (exact) mass is 550 g/mol. The Balaban J connectivity index is 1.23. The van der Waals surface area contributed by atoms with Gasteiger partial charge >= 0.3 is 6.18 Å². The lowest BCUT2D eigenvalue weighted by Gasteiger charge is -2.40. The number of amides is 1. The van der Waals surface area contributed by atoms with Crippen LogP contribution in [0.4, 0.5) is 13.2 Å². The van der Waals surface area contributed by atoms with Crippen LogP contribution in [0.25, 0.3) is 0 Å². The Morgan fingerprint density at radius 2 is 1.92 bits per heavy atom. The largest absolute Gasteiger partial charge is 0.417 e. The lowest BCUT2D eigenvalue weighted by molar-refractivity contribution is -0.146. The van der Waals surface area contributed by atoms with Gasteiger partial charge in [-0.25, -0.2) is 4.98 Å². The van der Waals surface area contributed by atoms with Crippen LogP contribution in [0.3, 0.4) is 0 Å². The van der Waals surface area contributed by atoms with Gasteiger partial charge in [-0.15, -0.1) is 11.3 Å². The Labute approximate surface area is 226 Å². The van der Waals surface area contributed by atoms with Crippen LogP contribution in [0.1, 0.15) is 86.3 Å². The molecule has 208 valence electrons. The van der Waals surface area contributed by atoms with Crippen molar-refractivity contribution in [1.82, 2.24) is 20.2 Å². The fraction of sp³-hybridized carbons (Fsp3) is 0.679. The first-order valence-electron chi connectivity index (χ1n) is 13.6. The highest BCUT2D eigenvalue weighted by Gasteiger charge is 2.50. The normalized spacial score (nSPS) is 30.1. The zero-order valence-electron chi connectivity index (χ0n) is 22.3. The number of hydrogen-bond donors (Lipinski definition) is 2. The van der Waals surface area contributed by atoms with Crippen LogP contribution in [-0.2, 0) is 29.5 Å².